The van der Waals surface area contributed by atoms with E-state index in [-0.39, 0.29) is 0 Å². The van der Waals surface area contributed by atoms with Crippen molar-refractivity contribution in [1.29, 1.82) is 0 Å². The SMILES string of the molecule is CCOc1ccc(NCCN2CCOCC2)cc1. The molecular formula is C14H22N2O2. The van der Waals surface area contributed by atoms with Crippen molar-refractivity contribution in [3.8, 4) is 5.75 Å². The fraction of sp³-hybridized carbons (Fsp3) is 0.571. The Hall–Kier alpha value is -1.26. The highest BCUT2D eigenvalue weighted by atomic mass is 16.5. The maximum absolute atomic E-state index is 5.41. The first-order valence-electron chi connectivity index (χ1n) is 6.65. The third kappa shape index (κ3) is 4.20. The molecule has 0 unspecified atom stereocenters. The van der Waals surface area contributed by atoms with Gasteiger partial charge in [-0.1, -0.05) is 0 Å². The maximum atomic E-state index is 5.41. The highest BCUT2D eigenvalue weighted by molar-refractivity contribution is 5.46. The topological polar surface area (TPSA) is 33.7 Å². The summed E-state index contributed by atoms with van der Waals surface area (Å²) >= 11 is 0. The van der Waals surface area contributed by atoms with Crippen molar-refractivity contribution in [2.24, 2.45) is 0 Å². The minimum absolute atomic E-state index is 0.712. The number of ether oxygens (including phenoxy) is 2. The lowest BCUT2D eigenvalue weighted by Gasteiger charge is -2.26. The van der Waals surface area contributed by atoms with Crippen LogP contribution in [0.25, 0.3) is 0 Å². The van der Waals surface area contributed by atoms with Crippen LogP contribution in [0.1, 0.15) is 6.92 Å². The van der Waals surface area contributed by atoms with Gasteiger partial charge in [-0.05, 0) is 31.2 Å². The minimum Gasteiger partial charge on any atom is -0.494 e. The molecule has 1 aromatic carbocycles. The highest BCUT2D eigenvalue weighted by Crippen LogP contribution is 2.15. The minimum atomic E-state index is 0.712. The Bertz CT molecular complexity index is 334. The Kier molecular flexibility index (Phi) is 5.30. The molecule has 1 aliphatic rings. The predicted molar refractivity (Wildman–Crippen MR) is 73.4 cm³/mol. The Balaban J connectivity index is 1.69. The first kappa shape index (κ1) is 13.2. The number of nitrogens with one attached hydrogen (secondary N) is 1. The molecule has 18 heavy (non-hydrogen) atoms. The molecule has 2 rings (SSSR count). The second-order valence-electron chi connectivity index (χ2n) is 4.34. The van der Waals surface area contributed by atoms with Crippen molar-refractivity contribution >= 4 is 5.69 Å². The molecule has 0 aliphatic carbocycles. The average molecular weight is 250 g/mol. The van der Waals surface area contributed by atoms with E-state index in [1.54, 1.807) is 0 Å². The van der Waals surface area contributed by atoms with E-state index >= 15 is 0 Å². The smallest absolute Gasteiger partial charge is 0.119 e. The van der Waals surface area contributed by atoms with E-state index in [4.69, 9.17) is 9.47 Å². The van der Waals surface area contributed by atoms with Gasteiger partial charge in [-0.25, -0.2) is 0 Å². The van der Waals surface area contributed by atoms with Crippen LogP contribution in [-0.2, 0) is 4.74 Å². The van der Waals surface area contributed by atoms with Crippen molar-refractivity contribution in [3.63, 3.8) is 0 Å². The van der Waals surface area contributed by atoms with Gasteiger partial charge in [0.2, 0.25) is 0 Å². The Morgan fingerprint density at radius 2 is 1.94 bits per heavy atom. The third-order valence-corrected chi connectivity index (χ3v) is 3.03. The summed E-state index contributed by atoms with van der Waals surface area (Å²) in [5, 5.41) is 3.42. The molecule has 1 saturated heterocycles. The van der Waals surface area contributed by atoms with Crippen LogP contribution in [0, 0.1) is 0 Å². The summed E-state index contributed by atoms with van der Waals surface area (Å²) in [7, 11) is 0. The molecule has 0 atom stereocenters. The van der Waals surface area contributed by atoms with Crippen molar-refractivity contribution in [3.05, 3.63) is 24.3 Å². The van der Waals surface area contributed by atoms with E-state index in [0.29, 0.717) is 6.61 Å². The van der Waals surface area contributed by atoms with Crippen LogP contribution in [0.5, 0.6) is 5.75 Å². The lowest BCUT2D eigenvalue weighted by atomic mass is 10.3. The van der Waals surface area contributed by atoms with Gasteiger partial charge in [0.1, 0.15) is 5.75 Å². The van der Waals surface area contributed by atoms with E-state index in [0.717, 1.165) is 50.8 Å². The Morgan fingerprint density at radius 3 is 2.61 bits per heavy atom. The summed E-state index contributed by atoms with van der Waals surface area (Å²) in [6.45, 7) is 8.56. The van der Waals surface area contributed by atoms with Crippen LogP contribution >= 0.6 is 0 Å². The number of nitrogens with zero attached hydrogens (tertiary/aromatic N) is 1. The van der Waals surface area contributed by atoms with E-state index in [1.807, 2.05) is 19.1 Å². The molecule has 100 valence electrons. The van der Waals surface area contributed by atoms with Gasteiger partial charge < -0.3 is 14.8 Å². The zero-order chi connectivity index (χ0) is 12.6. The van der Waals surface area contributed by atoms with E-state index < -0.39 is 0 Å². The van der Waals surface area contributed by atoms with E-state index in [9.17, 15) is 0 Å². The number of rotatable bonds is 6. The summed E-state index contributed by atoms with van der Waals surface area (Å²) in [6.07, 6.45) is 0. The molecule has 1 aromatic rings. The van der Waals surface area contributed by atoms with Gasteiger partial charge in [-0.3, -0.25) is 4.90 Å². The summed E-state index contributed by atoms with van der Waals surface area (Å²) < 4.78 is 10.7. The third-order valence-electron chi connectivity index (χ3n) is 3.03. The number of morpholine rings is 1. The zero-order valence-corrected chi connectivity index (χ0v) is 11.0. The van der Waals surface area contributed by atoms with Gasteiger partial charge in [-0.2, -0.15) is 0 Å². The maximum Gasteiger partial charge on any atom is 0.119 e. The van der Waals surface area contributed by atoms with Gasteiger partial charge in [0.25, 0.3) is 0 Å². The summed E-state index contributed by atoms with van der Waals surface area (Å²) in [5.41, 5.74) is 1.15. The van der Waals surface area contributed by atoms with Gasteiger partial charge in [0.05, 0.1) is 19.8 Å². The van der Waals surface area contributed by atoms with Crippen molar-refractivity contribution in [2.45, 2.75) is 6.92 Å². The normalized spacial score (nSPS) is 16.5. The van der Waals surface area contributed by atoms with Gasteiger partial charge in [0.15, 0.2) is 0 Å². The molecule has 1 heterocycles. The lowest BCUT2D eigenvalue weighted by Crippen LogP contribution is -2.38. The molecule has 0 spiro atoms. The molecule has 1 N–H and O–H groups in total. The summed E-state index contributed by atoms with van der Waals surface area (Å²) in [5.74, 6) is 0.927. The fourth-order valence-electron chi connectivity index (χ4n) is 2.02. The van der Waals surface area contributed by atoms with Gasteiger partial charge >= 0.3 is 0 Å². The van der Waals surface area contributed by atoms with E-state index in [2.05, 4.69) is 22.3 Å². The largest absolute Gasteiger partial charge is 0.494 e. The molecule has 0 amide bonds. The van der Waals surface area contributed by atoms with Crippen LogP contribution in [0.15, 0.2) is 24.3 Å². The lowest BCUT2D eigenvalue weighted by molar-refractivity contribution is 0.0398. The summed E-state index contributed by atoms with van der Waals surface area (Å²) in [6, 6.07) is 8.12. The Labute approximate surface area is 109 Å². The molecule has 0 saturated carbocycles. The molecule has 1 fully saturated rings. The molecule has 0 bridgehead atoms. The summed E-state index contributed by atoms with van der Waals surface area (Å²) in [4.78, 5) is 2.42. The quantitative estimate of drug-likeness (QED) is 0.835. The van der Waals surface area contributed by atoms with Crippen LogP contribution in [0.4, 0.5) is 5.69 Å². The zero-order valence-electron chi connectivity index (χ0n) is 11.0. The Morgan fingerprint density at radius 1 is 1.22 bits per heavy atom. The molecular weight excluding hydrogens is 228 g/mol. The fourth-order valence-corrected chi connectivity index (χ4v) is 2.02. The predicted octanol–water partition coefficient (Wildman–Crippen LogP) is 1.83. The van der Waals surface area contributed by atoms with Gasteiger partial charge in [-0.15, -0.1) is 0 Å². The molecule has 1 aliphatic heterocycles. The molecule has 4 nitrogen and oxygen atoms in total. The molecule has 4 heteroatoms. The van der Waals surface area contributed by atoms with Crippen LogP contribution in [0.3, 0.4) is 0 Å². The second-order valence-corrected chi connectivity index (χ2v) is 4.34. The standard InChI is InChI=1S/C14H22N2O2/c1-2-18-14-5-3-13(4-6-14)15-7-8-16-9-11-17-12-10-16/h3-6,15H,2,7-12H2,1H3. The first-order valence-corrected chi connectivity index (χ1v) is 6.65. The number of benzene rings is 1. The first-order chi connectivity index (χ1) is 8.88. The molecule has 0 aromatic heterocycles. The van der Waals surface area contributed by atoms with Crippen molar-refractivity contribution in [2.75, 3.05) is 51.3 Å². The van der Waals surface area contributed by atoms with Crippen LogP contribution in [-0.4, -0.2) is 50.9 Å². The van der Waals surface area contributed by atoms with Crippen LogP contribution in [0.2, 0.25) is 0 Å². The van der Waals surface area contributed by atoms with Gasteiger partial charge in [0, 0.05) is 31.9 Å². The number of hydrogen-bond acceptors (Lipinski definition) is 4. The number of hydrogen-bond donors (Lipinski definition) is 1. The van der Waals surface area contributed by atoms with Crippen molar-refractivity contribution < 1.29 is 9.47 Å². The van der Waals surface area contributed by atoms with Crippen molar-refractivity contribution in [1.82, 2.24) is 4.90 Å². The average Bonchev–Trinajstić information content (AvgIpc) is 2.42. The van der Waals surface area contributed by atoms with E-state index in [1.165, 1.54) is 0 Å². The number of anilines is 1. The molecule has 0 radical (unpaired) electrons. The van der Waals surface area contributed by atoms with Crippen LogP contribution < -0.4 is 10.1 Å². The highest BCUT2D eigenvalue weighted by Gasteiger charge is 2.08. The second kappa shape index (κ2) is 7.24. The monoisotopic (exact) mass is 250 g/mol.